The van der Waals surface area contributed by atoms with Crippen LogP contribution in [0.4, 0.5) is 0 Å². The van der Waals surface area contributed by atoms with Crippen molar-refractivity contribution in [2.45, 2.75) is 26.3 Å². The highest BCUT2D eigenvalue weighted by molar-refractivity contribution is 5.79. The number of nitrogens with one attached hydrogen (secondary N) is 2. The Labute approximate surface area is 144 Å². The first-order valence-electron chi connectivity index (χ1n) is 8.13. The predicted octanol–water partition coefficient (Wildman–Crippen LogP) is 2.26. The van der Waals surface area contributed by atoms with E-state index in [1.165, 1.54) is 0 Å². The average Bonchev–Trinajstić information content (AvgIpc) is 2.60. The molecule has 0 bridgehead atoms. The first-order chi connectivity index (χ1) is 11.7. The van der Waals surface area contributed by atoms with Gasteiger partial charge in [0, 0.05) is 32.1 Å². The Kier molecular flexibility index (Phi) is 9.76. The van der Waals surface area contributed by atoms with Crippen molar-refractivity contribution < 1.29 is 14.3 Å². The van der Waals surface area contributed by atoms with Gasteiger partial charge in [-0.25, -0.2) is 0 Å². The van der Waals surface area contributed by atoms with Crippen LogP contribution in [0.1, 0.15) is 25.3 Å². The van der Waals surface area contributed by atoms with E-state index in [0.717, 1.165) is 11.3 Å². The minimum atomic E-state index is -0.171. The van der Waals surface area contributed by atoms with Crippen molar-refractivity contribution in [3.05, 3.63) is 42.5 Å². The van der Waals surface area contributed by atoms with Crippen LogP contribution in [0, 0.1) is 0 Å². The monoisotopic (exact) mass is 333 g/mol. The number of guanidine groups is 1. The first-order valence-corrected chi connectivity index (χ1v) is 8.13. The third-order valence-electron chi connectivity index (χ3n) is 3.15. The van der Waals surface area contributed by atoms with Gasteiger partial charge < -0.3 is 20.1 Å². The van der Waals surface area contributed by atoms with Crippen LogP contribution in [-0.4, -0.2) is 38.7 Å². The number of benzene rings is 1. The van der Waals surface area contributed by atoms with Crippen LogP contribution < -0.4 is 15.4 Å². The summed E-state index contributed by atoms with van der Waals surface area (Å²) in [6.07, 6.45) is 2.81. The zero-order valence-electron chi connectivity index (χ0n) is 14.5. The molecule has 0 spiro atoms. The molecule has 0 saturated heterocycles. The zero-order valence-corrected chi connectivity index (χ0v) is 14.5. The topological polar surface area (TPSA) is 72.0 Å². The van der Waals surface area contributed by atoms with E-state index in [0.29, 0.717) is 45.1 Å². The molecule has 6 nitrogen and oxygen atoms in total. The highest BCUT2D eigenvalue weighted by atomic mass is 16.5. The Morgan fingerprint density at radius 2 is 2.12 bits per heavy atom. The van der Waals surface area contributed by atoms with Gasteiger partial charge in [0.05, 0.1) is 6.61 Å². The standard InChI is InChI=1S/C18H27N3O3/c1-4-13-24-16-10-7-6-9-15(16)14-21-18(19-3)20-12-8-11-17(22)23-5-2/h4,6-7,9-10H,1,5,8,11-14H2,2-3H3,(H2,19,20,21). The maximum atomic E-state index is 11.3. The molecule has 1 aromatic carbocycles. The van der Waals surface area contributed by atoms with Gasteiger partial charge in [0.15, 0.2) is 5.96 Å². The van der Waals surface area contributed by atoms with Gasteiger partial charge in [-0.15, -0.1) is 0 Å². The summed E-state index contributed by atoms with van der Waals surface area (Å²) in [7, 11) is 1.71. The third kappa shape index (κ3) is 7.67. The van der Waals surface area contributed by atoms with E-state index in [1.54, 1.807) is 20.0 Å². The number of hydrogen-bond acceptors (Lipinski definition) is 4. The second kappa shape index (κ2) is 12.0. The minimum absolute atomic E-state index is 0.171. The van der Waals surface area contributed by atoms with Crippen molar-refractivity contribution in [2.75, 3.05) is 26.8 Å². The fraction of sp³-hybridized carbons (Fsp3) is 0.444. The maximum Gasteiger partial charge on any atom is 0.305 e. The van der Waals surface area contributed by atoms with Gasteiger partial charge in [0.1, 0.15) is 12.4 Å². The lowest BCUT2D eigenvalue weighted by Crippen LogP contribution is -2.37. The number of ether oxygens (including phenoxy) is 2. The van der Waals surface area contributed by atoms with E-state index in [4.69, 9.17) is 9.47 Å². The van der Waals surface area contributed by atoms with Crippen molar-refractivity contribution >= 4 is 11.9 Å². The van der Waals surface area contributed by atoms with E-state index < -0.39 is 0 Å². The van der Waals surface area contributed by atoms with Gasteiger partial charge in [-0.2, -0.15) is 0 Å². The summed E-state index contributed by atoms with van der Waals surface area (Å²) < 4.78 is 10.5. The molecule has 0 aliphatic carbocycles. The number of hydrogen-bond donors (Lipinski definition) is 2. The molecule has 0 heterocycles. The van der Waals surface area contributed by atoms with Crippen molar-refractivity contribution in [2.24, 2.45) is 4.99 Å². The van der Waals surface area contributed by atoms with Crippen molar-refractivity contribution in [3.8, 4) is 5.75 Å². The van der Waals surface area contributed by atoms with E-state index in [9.17, 15) is 4.79 Å². The molecule has 2 N–H and O–H groups in total. The summed E-state index contributed by atoms with van der Waals surface area (Å²) in [5.41, 5.74) is 1.04. The summed E-state index contributed by atoms with van der Waals surface area (Å²) in [4.78, 5) is 15.4. The number of carbonyl (C=O) groups is 1. The molecule has 0 radical (unpaired) electrons. The fourth-order valence-electron chi connectivity index (χ4n) is 2.01. The normalized spacial score (nSPS) is 10.8. The highest BCUT2D eigenvalue weighted by Gasteiger charge is 2.05. The summed E-state index contributed by atoms with van der Waals surface area (Å²) in [6.45, 7) is 7.58. The molecule has 0 saturated carbocycles. The third-order valence-corrected chi connectivity index (χ3v) is 3.15. The summed E-state index contributed by atoms with van der Waals surface area (Å²) >= 11 is 0. The molecule has 0 atom stereocenters. The average molecular weight is 333 g/mol. The summed E-state index contributed by atoms with van der Waals surface area (Å²) in [6, 6.07) is 7.83. The Bertz CT molecular complexity index is 544. The van der Waals surface area contributed by atoms with Crippen LogP contribution in [0.5, 0.6) is 5.75 Å². The molecule has 0 fully saturated rings. The zero-order chi connectivity index (χ0) is 17.6. The molecule has 132 valence electrons. The van der Waals surface area contributed by atoms with Crippen LogP contribution in [0.3, 0.4) is 0 Å². The van der Waals surface area contributed by atoms with Gasteiger partial charge >= 0.3 is 5.97 Å². The second-order valence-electron chi connectivity index (χ2n) is 4.97. The Hall–Kier alpha value is -2.50. The van der Waals surface area contributed by atoms with Crippen LogP contribution in [-0.2, 0) is 16.1 Å². The van der Waals surface area contributed by atoms with E-state index >= 15 is 0 Å². The lowest BCUT2D eigenvalue weighted by molar-refractivity contribution is -0.143. The SMILES string of the molecule is C=CCOc1ccccc1CNC(=NC)NCCCC(=O)OCC. The van der Waals surface area contributed by atoms with Gasteiger partial charge in [-0.1, -0.05) is 30.9 Å². The van der Waals surface area contributed by atoms with Crippen LogP contribution >= 0.6 is 0 Å². The number of para-hydroxylation sites is 1. The van der Waals surface area contributed by atoms with Crippen molar-refractivity contribution in [1.82, 2.24) is 10.6 Å². The molecule has 6 heteroatoms. The second-order valence-corrected chi connectivity index (χ2v) is 4.97. The molecule has 0 unspecified atom stereocenters. The molecule has 0 aliphatic rings. The van der Waals surface area contributed by atoms with Crippen LogP contribution in [0.2, 0.25) is 0 Å². The lowest BCUT2D eigenvalue weighted by Gasteiger charge is -2.14. The Morgan fingerprint density at radius 1 is 1.33 bits per heavy atom. The number of esters is 1. The van der Waals surface area contributed by atoms with Crippen molar-refractivity contribution in [1.29, 1.82) is 0 Å². The number of nitrogens with zero attached hydrogens (tertiary/aromatic N) is 1. The van der Waals surface area contributed by atoms with E-state index in [-0.39, 0.29) is 5.97 Å². The molecule has 1 aromatic rings. The quantitative estimate of drug-likeness (QED) is 0.226. The maximum absolute atomic E-state index is 11.3. The summed E-state index contributed by atoms with van der Waals surface area (Å²) in [5, 5.41) is 6.41. The fourth-order valence-corrected chi connectivity index (χ4v) is 2.01. The molecule has 0 aromatic heterocycles. The number of rotatable bonds is 10. The van der Waals surface area contributed by atoms with E-state index in [2.05, 4.69) is 22.2 Å². The van der Waals surface area contributed by atoms with Gasteiger partial charge in [0.2, 0.25) is 0 Å². The molecule has 1 rings (SSSR count). The Morgan fingerprint density at radius 3 is 2.83 bits per heavy atom. The Balaban J connectivity index is 2.39. The smallest absolute Gasteiger partial charge is 0.305 e. The molecule has 0 amide bonds. The molecule has 0 aliphatic heterocycles. The van der Waals surface area contributed by atoms with Gasteiger partial charge in [-0.05, 0) is 19.4 Å². The molecular formula is C18H27N3O3. The summed E-state index contributed by atoms with van der Waals surface area (Å²) in [5.74, 6) is 1.33. The predicted molar refractivity (Wildman–Crippen MR) is 96.2 cm³/mol. The van der Waals surface area contributed by atoms with Crippen molar-refractivity contribution in [3.63, 3.8) is 0 Å². The molecule has 24 heavy (non-hydrogen) atoms. The lowest BCUT2D eigenvalue weighted by atomic mass is 10.2. The van der Waals surface area contributed by atoms with Crippen LogP contribution in [0.25, 0.3) is 0 Å². The number of carbonyl (C=O) groups excluding carboxylic acids is 1. The van der Waals surface area contributed by atoms with E-state index in [1.807, 2.05) is 24.3 Å². The highest BCUT2D eigenvalue weighted by Crippen LogP contribution is 2.17. The minimum Gasteiger partial charge on any atom is -0.489 e. The largest absolute Gasteiger partial charge is 0.489 e. The number of aliphatic imine (C=N–C) groups is 1. The molecular weight excluding hydrogens is 306 g/mol. The van der Waals surface area contributed by atoms with Gasteiger partial charge in [0.25, 0.3) is 0 Å². The van der Waals surface area contributed by atoms with Gasteiger partial charge in [-0.3, -0.25) is 9.79 Å². The van der Waals surface area contributed by atoms with Crippen LogP contribution in [0.15, 0.2) is 41.9 Å². The first kappa shape index (κ1) is 19.5.